The number of halogens is 3. The van der Waals surface area contributed by atoms with Crippen LogP contribution in [0.5, 0.6) is 5.75 Å². The van der Waals surface area contributed by atoms with Gasteiger partial charge in [-0.15, -0.1) is 0 Å². The molecule has 2 aromatic carbocycles. The summed E-state index contributed by atoms with van der Waals surface area (Å²) >= 11 is 0. The smallest absolute Gasteiger partial charge is 0.416 e. The summed E-state index contributed by atoms with van der Waals surface area (Å²) < 4.78 is 45.3. The number of carbonyl (C=O) groups excluding carboxylic acids is 2. The summed E-state index contributed by atoms with van der Waals surface area (Å²) in [7, 11) is 0. The first-order chi connectivity index (χ1) is 15.9. The summed E-state index contributed by atoms with van der Waals surface area (Å²) in [6.07, 6.45) is -2.55. The average Bonchev–Trinajstić information content (AvgIpc) is 2.72. The zero-order valence-electron chi connectivity index (χ0n) is 18.7. The summed E-state index contributed by atoms with van der Waals surface area (Å²) in [5.74, 6) is 0.160. The van der Waals surface area contributed by atoms with E-state index in [0.717, 1.165) is 17.5 Å². The van der Waals surface area contributed by atoms with Crippen LogP contribution in [0.4, 0.5) is 29.5 Å². The third-order valence-electron chi connectivity index (χ3n) is 5.42. The highest BCUT2D eigenvalue weighted by Crippen LogP contribution is 2.42. The van der Waals surface area contributed by atoms with Gasteiger partial charge in [-0.2, -0.15) is 13.2 Å². The largest absolute Gasteiger partial charge is 0.487 e. The monoisotopic (exact) mass is 472 g/mol. The Morgan fingerprint density at radius 3 is 2.59 bits per heavy atom. The van der Waals surface area contributed by atoms with Crippen molar-refractivity contribution in [2.45, 2.75) is 45.0 Å². The van der Waals surface area contributed by atoms with E-state index in [2.05, 4.69) is 20.9 Å². The number of anilines is 2. The normalized spacial score (nSPS) is 16.8. The lowest BCUT2D eigenvalue weighted by Crippen LogP contribution is -2.42. The van der Waals surface area contributed by atoms with Crippen LogP contribution in [0, 0.1) is 0 Å². The lowest BCUT2D eigenvalue weighted by Gasteiger charge is -2.38. The summed E-state index contributed by atoms with van der Waals surface area (Å²) in [6.45, 7) is 4.88. The third-order valence-corrected chi connectivity index (χ3v) is 5.42. The molecule has 0 spiro atoms. The molecule has 3 amide bonds. The van der Waals surface area contributed by atoms with Crippen molar-refractivity contribution in [1.82, 2.24) is 10.3 Å². The van der Waals surface area contributed by atoms with Crippen LogP contribution in [0.1, 0.15) is 44.4 Å². The van der Waals surface area contributed by atoms with Gasteiger partial charge < -0.3 is 20.7 Å². The van der Waals surface area contributed by atoms with Gasteiger partial charge in [0.1, 0.15) is 17.2 Å². The number of nitrogens with zero attached hydrogens (tertiary/aromatic N) is 1. The van der Waals surface area contributed by atoms with Crippen LogP contribution in [0.25, 0.3) is 10.8 Å². The van der Waals surface area contributed by atoms with E-state index in [9.17, 15) is 22.8 Å². The van der Waals surface area contributed by atoms with Gasteiger partial charge in [0.25, 0.3) is 0 Å². The van der Waals surface area contributed by atoms with Gasteiger partial charge in [-0.3, -0.25) is 4.79 Å². The number of pyridine rings is 1. The molecule has 10 heteroatoms. The first-order valence-corrected chi connectivity index (χ1v) is 10.6. The van der Waals surface area contributed by atoms with E-state index >= 15 is 0 Å². The number of hydrogen-bond acceptors (Lipinski definition) is 4. The zero-order chi connectivity index (χ0) is 24.7. The predicted molar refractivity (Wildman–Crippen MR) is 122 cm³/mol. The molecule has 7 nitrogen and oxygen atoms in total. The lowest BCUT2D eigenvalue weighted by molar-refractivity contribution is -0.137. The number of fused-ring (bicyclic) bond motifs is 2. The standard InChI is InChI=1S/C24H23F3N4O3/c1-13(32)29-21-10-17-14(12-28-21)5-4-6-18(17)30-22(33)31-19-11-23(2,3)34-20-9-15(24(25,26)27)7-8-16(19)20/h4-10,12,19H,11H2,1-3H3,(H,28,29,32)(H2,30,31,33). The van der Waals surface area contributed by atoms with E-state index in [4.69, 9.17) is 4.74 Å². The van der Waals surface area contributed by atoms with Gasteiger partial charge in [-0.05, 0) is 38.1 Å². The fourth-order valence-electron chi connectivity index (χ4n) is 4.00. The molecular formula is C24H23F3N4O3. The van der Waals surface area contributed by atoms with Gasteiger partial charge in [0.2, 0.25) is 5.91 Å². The summed E-state index contributed by atoms with van der Waals surface area (Å²) in [5, 5.41) is 9.67. The van der Waals surface area contributed by atoms with E-state index in [1.54, 1.807) is 38.2 Å². The first-order valence-electron chi connectivity index (χ1n) is 10.6. The third kappa shape index (κ3) is 5.05. The fraction of sp³-hybridized carbons (Fsp3) is 0.292. The van der Waals surface area contributed by atoms with Gasteiger partial charge in [0.15, 0.2) is 0 Å². The quantitative estimate of drug-likeness (QED) is 0.460. The molecular weight excluding hydrogens is 449 g/mol. The summed E-state index contributed by atoms with van der Waals surface area (Å²) in [6, 6.07) is 9.11. The number of ether oxygens (including phenoxy) is 1. The molecule has 4 rings (SSSR count). The van der Waals surface area contributed by atoms with E-state index in [-0.39, 0.29) is 11.7 Å². The lowest BCUT2D eigenvalue weighted by atomic mass is 9.89. The second-order valence-corrected chi connectivity index (χ2v) is 8.74. The number of hydrogen-bond donors (Lipinski definition) is 3. The van der Waals surface area contributed by atoms with Crippen molar-refractivity contribution in [2.75, 3.05) is 10.6 Å². The predicted octanol–water partition coefficient (Wildman–Crippen LogP) is 5.64. The Morgan fingerprint density at radius 1 is 1.12 bits per heavy atom. The molecule has 1 atom stereocenters. The minimum Gasteiger partial charge on any atom is -0.487 e. The SMILES string of the molecule is CC(=O)Nc1cc2c(NC(=O)NC3CC(C)(C)Oc4cc(C(F)(F)F)ccc43)cccc2cn1. The van der Waals surface area contributed by atoms with Crippen molar-refractivity contribution in [1.29, 1.82) is 0 Å². The minimum atomic E-state index is -4.50. The van der Waals surface area contributed by atoms with Crippen molar-refractivity contribution in [2.24, 2.45) is 0 Å². The summed E-state index contributed by atoms with van der Waals surface area (Å²) in [4.78, 5) is 28.4. The Kier molecular flexibility index (Phi) is 5.84. The van der Waals surface area contributed by atoms with Crippen LogP contribution in [0.15, 0.2) is 48.7 Å². The van der Waals surface area contributed by atoms with Gasteiger partial charge >= 0.3 is 12.2 Å². The molecule has 1 unspecified atom stereocenters. The summed E-state index contributed by atoms with van der Waals surface area (Å²) in [5.41, 5.74) is -0.639. The maximum Gasteiger partial charge on any atom is 0.416 e. The number of rotatable bonds is 3. The minimum absolute atomic E-state index is 0.0903. The van der Waals surface area contributed by atoms with Crippen molar-refractivity contribution < 1.29 is 27.5 Å². The molecule has 0 saturated heterocycles. The Morgan fingerprint density at radius 2 is 1.88 bits per heavy atom. The van der Waals surface area contributed by atoms with Crippen molar-refractivity contribution in [3.8, 4) is 5.75 Å². The van der Waals surface area contributed by atoms with Crippen LogP contribution >= 0.6 is 0 Å². The molecule has 0 fully saturated rings. The number of benzene rings is 2. The number of amides is 3. The van der Waals surface area contributed by atoms with E-state index in [1.807, 2.05) is 6.07 Å². The molecule has 3 aromatic rings. The molecule has 1 aliphatic heterocycles. The Hall–Kier alpha value is -3.82. The van der Waals surface area contributed by atoms with Gasteiger partial charge in [-0.1, -0.05) is 18.2 Å². The van der Waals surface area contributed by atoms with Gasteiger partial charge in [0.05, 0.1) is 17.3 Å². The topological polar surface area (TPSA) is 92.4 Å². The number of alkyl halides is 3. The Balaban J connectivity index is 1.59. The molecule has 3 N–H and O–H groups in total. The molecule has 2 heterocycles. The highest BCUT2D eigenvalue weighted by atomic mass is 19.4. The number of urea groups is 1. The van der Waals surface area contributed by atoms with E-state index < -0.39 is 29.4 Å². The van der Waals surface area contributed by atoms with Crippen LogP contribution in [0.2, 0.25) is 0 Å². The van der Waals surface area contributed by atoms with Gasteiger partial charge in [-0.25, -0.2) is 9.78 Å². The second-order valence-electron chi connectivity index (χ2n) is 8.74. The Labute approximate surface area is 193 Å². The second kappa shape index (κ2) is 8.51. The molecule has 178 valence electrons. The maximum atomic E-state index is 13.2. The van der Waals surface area contributed by atoms with E-state index in [1.165, 1.54) is 13.0 Å². The van der Waals surface area contributed by atoms with Crippen LogP contribution in [0.3, 0.4) is 0 Å². The molecule has 0 saturated carbocycles. The van der Waals surface area contributed by atoms with Crippen molar-refractivity contribution in [3.05, 3.63) is 59.8 Å². The number of carbonyl (C=O) groups is 2. The van der Waals surface area contributed by atoms with Gasteiger partial charge in [0, 0.05) is 35.9 Å². The van der Waals surface area contributed by atoms with Crippen molar-refractivity contribution >= 4 is 34.2 Å². The zero-order valence-corrected chi connectivity index (χ0v) is 18.7. The molecule has 1 aliphatic rings. The molecule has 34 heavy (non-hydrogen) atoms. The highest BCUT2D eigenvalue weighted by Gasteiger charge is 2.37. The van der Waals surface area contributed by atoms with Crippen LogP contribution in [-0.2, 0) is 11.0 Å². The fourth-order valence-corrected chi connectivity index (χ4v) is 4.00. The molecule has 0 radical (unpaired) electrons. The van der Waals surface area contributed by atoms with Crippen LogP contribution < -0.4 is 20.7 Å². The highest BCUT2D eigenvalue weighted by molar-refractivity contribution is 6.03. The van der Waals surface area contributed by atoms with Crippen LogP contribution in [-0.4, -0.2) is 22.5 Å². The molecule has 0 bridgehead atoms. The van der Waals surface area contributed by atoms with Crippen molar-refractivity contribution in [3.63, 3.8) is 0 Å². The number of aromatic nitrogens is 1. The Bertz CT molecular complexity index is 1270. The van der Waals surface area contributed by atoms with E-state index in [0.29, 0.717) is 28.9 Å². The molecule has 1 aromatic heterocycles. The first kappa shape index (κ1) is 23.3. The number of nitrogens with one attached hydrogen (secondary N) is 3. The molecule has 0 aliphatic carbocycles. The average molecular weight is 472 g/mol. The maximum absolute atomic E-state index is 13.2.